The molecule has 0 radical (unpaired) electrons. The van der Waals surface area contributed by atoms with E-state index >= 15 is 0 Å². The van der Waals surface area contributed by atoms with Gasteiger partial charge in [-0.25, -0.2) is 0 Å². The summed E-state index contributed by atoms with van der Waals surface area (Å²) < 4.78 is 0. The third-order valence-corrected chi connectivity index (χ3v) is 2.61. The molecular formula is C14H21NO2. The van der Waals surface area contributed by atoms with E-state index in [1.54, 1.807) is 6.07 Å². The Labute approximate surface area is 103 Å². The summed E-state index contributed by atoms with van der Waals surface area (Å²) in [5.74, 6) is 0.0521. The molecular weight excluding hydrogens is 214 g/mol. The number of phenols is 1. The van der Waals surface area contributed by atoms with Crippen LogP contribution in [0.15, 0.2) is 18.2 Å². The van der Waals surface area contributed by atoms with Crippen molar-refractivity contribution in [3.05, 3.63) is 23.8 Å². The number of benzene rings is 1. The molecule has 0 aliphatic carbocycles. The Hall–Kier alpha value is -1.51. The molecule has 17 heavy (non-hydrogen) atoms. The highest BCUT2D eigenvalue weighted by Gasteiger charge is 2.16. The van der Waals surface area contributed by atoms with Gasteiger partial charge in [0.2, 0.25) is 5.91 Å². The number of rotatable bonds is 3. The predicted octanol–water partition coefficient (Wildman–Crippen LogP) is 3.43. The Morgan fingerprint density at radius 2 is 2.00 bits per heavy atom. The van der Waals surface area contributed by atoms with Crippen molar-refractivity contribution < 1.29 is 9.90 Å². The second kappa shape index (κ2) is 5.21. The van der Waals surface area contributed by atoms with Gasteiger partial charge in [0.1, 0.15) is 5.75 Å². The van der Waals surface area contributed by atoms with Gasteiger partial charge in [-0.15, -0.1) is 0 Å². The van der Waals surface area contributed by atoms with E-state index in [4.69, 9.17) is 0 Å². The average molecular weight is 235 g/mol. The third kappa shape index (κ3) is 3.77. The van der Waals surface area contributed by atoms with Crippen LogP contribution in [0.5, 0.6) is 5.75 Å². The van der Waals surface area contributed by atoms with Crippen LogP contribution in [-0.2, 0) is 10.2 Å². The lowest BCUT2D eigenvalue weighted by molar-refractivity contribution is -0.116. The minimum Gasteiger partial charge on any atom is -0.506 e. The molecule has 0 aliphatic heterocycles. The summed E-state index contributed by atoms with van der Waals surface area (Å²) >= 11 is 0. The highest BCUT2D eigenvalue weighted by molar-refractivity contribution is 5.92. The molecule has 3 nitrogen and oxygen atoms in total. The van der Waals surface area contributed by atoms with E-state index in [0.717, 1.165) is 12.0 Å². The first kappa shape index (κ1) is 13.6. The van der Waals surface area contributed by atoms with Crippen LogP contribution in [0.25, 0.3) is 0 Å². The highest BCUT2D eigenvalue weighted by Crippen LogP contribution is 2.30. The number of carbonyl (C=O) groups is 1. The van der Waals surface area contributed by atoms with E-state index in [2.05, 4.69) is 26.1 Å². The van der Waals surface area contributed by atoms with Crippen LogP contribution in [0.4, 0.5) is 5.69 Å². The second-order valence-electron chi connectivity index (χ2n) is 5.28. The van der Waals surface area contributed by atoms with Crippen molar-refractivity contribution in [3.63, 3.8) is 0 Å². The molecule has 1 amide bonds. The van der Waals surface area contributed by atoms with Crippen LogP contribution < -0.4 is 5.32 Å². The predicted molar refractivity (Wildman–Crippen MR) is 70.3 cm³/mol. The number of aromatic hydroxyl groups is 1. The molecule has 2 N–H and O–H groups in total. The Balaban J connectivity index is 2.95. The molecule has 0 bridgehead atoms. The topological polar surface area (TPSA) is 49.3 Å². The Morgan fingerprint density at radius 1 is 1.35 bits per heavy atom. The molecule has 0 aromatic heterocycles. The van der Waals surface area contributed by atoms with Gasteiger partial charge in [-0.3, -0.25) is 4.79 Å². The maximum Gasteiger partial charge on any atom is 0.224 e. The lowest BCUT2D eigenvalue weighted by Crippen LogP contribution is -2.14. The standard InChI is InChI=1S/C14H21NO2/c1-5-6-13(17)15-11-9-10(14(2,3)4)7-8-12(11)16/h7-9,16H,5-6H2,1-4H3,(H,15,17). The molecule has 3 heteroatoms. The minimum atomic E-state index is -0.0612. The molecule has 0 spiro atoms. The molecule has 0 unspecified atom stereocenters. The molecule has 0 saturated carbocycles. The first-order valence-corrected chi connectivity index (χ1v) is 5.98. The van der Waals surface area contributed by atoms with Crippen LogP contribution in [0.1, 0.15) is 46.1 Å². The summed E-state index contributed by atoms with van der Waals surface area (Å²) in [6.07, 6.45) is 1.27. The number of nitrogens with one attached hydrogen (secondary N) is 1. The summed E-state index contributed by atoms with van der Waals surface area (Å²) in [5, 5.41) is 12.4. The number of amides is 1. The monoisotopic (exact) mass is 235 g/mol. The lowest BCUT2D eigenvalue weighted by atomic mass is 9.87. The van der Waals surface area contributed by atoms with E-state index in [0.29, 0.717) is 12.1 Å². The smallest absolute Gasteiger partial charge is 0.224 e. The number of hydrogen-bond donors (Lipinski definition) is 2. The molecule has 0 saturated heterocycles. The van der Waals surface area contributed by atoms with Crippen molar-refractivity contribution in [2.24, 2.45) is 0 Å². The molecule has 0 atom stereocenters. The van der Waals surface area contributed by atoms with Gasteiger partial charge >= 0.3 is 0 Å². The van der Waals surface area contributed by atoms with E-state index in [-0.39, 0.29) is 17.1 Å². The first-order valence-electron chi connectivity index (χ1n) is 5.98. The zero-order valence-corrected chi connectivity index (χ0v) is 11.0. The SMILES string of the molecule is CCCC(=O)Nc1cc(C(C)(C)C)ccc1O. The van der Waals surface area contributed by atoms with E-state index in [1.807, 2.05) is 19.1 Å². The summed E-state index contributed by atoms with van der Waals surface area (Å²) in [4.78, 5) is 11.5. The molecule has 1 aromatic rings. The summed E-state index contributed by atoms with van der Waals surface area (Å²) in [7, 11) is 0. The fraction of sp³-hybridized carbons (Fsp3) is 0.500. The lowest BCUT2D eigenvalue weighted by Gasteiger charge is -2.20. The maximum atomic E-state index is 11.5. The minimum absolute atomic E-state index is 0.00205. The van der Waals surface area contributed by atoms with Crippen LogP contribution in [0.2, 0.25) is 0 Å². The highest BCUT2D eigenvalue weighted by atomic mass is 16.3. The van der Waals surface area contributed by atoms with Crippen LogP contribution in [0.3, 0.4) is 0 Å². The number of phenolic OH excluding ortho intramolecular Hbond substituents is 1. The van der Waals surface area contributed by atoms with Gasteiger partial charge < -0.3 is 10.4 Å². The van der Waals surface area contributed by atoms with Gasteiger partial charge in [0.05, 0.1) is 5.69 Å². The van der Waals surface area contributed by atoms with Crippen molar-refractivity contribution >= 4 is 11.6 Å². The quantitative estimate of drug-likeness (QED) is 0.788. The Bertz CT molecular complexity index is 405. The zero-order chi connectivity index (χ0) is 13.1. The van der Waals surface area contributed by atoms with Crippen LogP contribution >= 0.6 is 0 Å². The van der Waals surface area contributed by atoms with Gasteiger partial charge in [-0.1, -0.05) is 33.8 Å². The molecule has 0 heterocycles. The average Bonchev–Trinajstić information content (AvgIpc) is 2.20. The van der Waals surface area contributed by atoms with Gasteiger partial charge in [-0.2, -0.15) is 0 Å². The largest absolute Gasteiger partial charge is 0.506 e. The van der Waals surface area contributed by atoms with Gasteiger partial charge in [-0.05, 0) is 29.5 Å². The maximum absolute atomic E-state index is 11.5. The van der Waals surface area contributed by atoms with Crippen LogP contribution in [0, 0.1) is 0 Å². The van der Waals surface area contributed by atoms with Crippen molar-refractivity contribution in [1.29, 1.82) is 0 Å². The Morgan fingerprint density at radius 3 is 2.53 bits per heavy atom. The van der Waals surface area contributed by atoms with E-state index in [1.165, 1.54) is 0 Å². The molecule has 94 valence electrons. The fourth-order valence-electron chi connectivity index (χ4n) is 1.54. The summed E-state index contributed by atoms with van der Waals surface area (Å²) in [6.45, 7) is 8.23. The first-order chi connectivity index (χ1) is 7.84. The fourth-order valence-corrected chi connectivity index (χ4v) is 1.54. The van der Waals surface area contributed by atoms with Gasteiger partial charge in [0.15, 0.2) is 0 Å². The zero-order valence-electron chi connectivity index (χ0n) is 11.0. The summed E-state index contributed by atoms with van der Waals surface area (Å²) in [5.41, 5.74) is 1.58. The van der Waals surface area contributed by atoms with Crippen molar-refractivity contribution in [2.75, 3.05) is 5.32 Å². The molecule has 0 aliphatic rings. The summed E-state index contributed by atoms with van der Waals surface area (Å²) in [6, 6.07) is 5.34. The van der Waals surface area contributed by atoms with Gasteiger partial charge in [0, 0.05) is 6.42 Å². The molecule has 0 fully saturated rings. The Kier molecular flexibility index (Phi) is 4.16. The molecule has 1 aromatic carbocycles. The van der Waals surface area contributed by atoms with Crippen molar-refractivity contribution in [1.82, 2.24) is 0 Å². The molecule has 1 rings (SSSR count). The third-order valence-electron chi connectivity index (χ3n) is 2.61. The number of carbonyl (C=O) groups excluding carboxylic acids is 1. The van der Waals surface area contributed by atoms with E-state index < -0.39 is 0 Å². The van der Waals surface area contributed by atoms with Crippen molar-refractivity contribution in [2.45, 2.75) is 46.0 Å². The second-order valence-corrected chi connectivity index (χ2v) is 5.28. The van der Waals surface area contributed by atoms with Crippen LogP contribution in [-0.4, -0.2) is 11.0 Å². The van der Waals surface area contributed by atoms with Crippen molar-refractivity contribution in [3.8, 4) is 5.75 Å². The van der Waals surface area contributed by atoms with Gasteiger partial charge in [0.25, 0.3) is 0 Å². The normalized spacial score (nSPS) is 11.3. The number of hydrogen-bond acceptors (Lipinski definition) is 2. The number of anilines is 1. The van der Waals surface area contributed by atoms with E-state index in [9.17, 15) is 9.90 Å².